The maximum Gasteiger partial charge on any atom is 0.257 e. The van der Waals surface area contributed by atoms with Crippen molar-refractivity contribution in [3.63, 3.8) is 0 Å². The highest BCUT2D eigenvalue weighted by Gasteiger charge is 2.20. The molecule has 1 aliphatic carbocycles. The van der Waals surface area contributed by atoms with Crippen LogP contribution in [-0.4, -0.2) is 29.9 Å². The van der Waals surface area contributed by atoms with Crippen molar-refractivity contribution in [1.82, 2.24) is 10.3 Å². The number of anilines is 2. The van der Waals surface area contributed by atoms with E-state index in [2.05, 4.69) is 22.2 Å². The van der Waals surface area contributed by atoms with Crippen LogP contribution < -0.4 is 21.1 Å². The first-order chi connectivity index (χ1) is 17.3. The highest BCUT2D eigenvalue weighted by Crippen LogP contribution is 2.24. The Kier molecular flexibility index (Phi) is 9.22. The summed E-state index contributed by atoms with van der Waals surface area (Å²) in [6, 6.07) is 16.6. The van der Waals surface area contributed by atoms with Crippen LogP contribution in [0.3, 0.4) is 0 Å². The number of nitrogen functional groups attached to an aromatic ring is 1. The molecule has 1 unspecified atom stereocenters. The topological polar surface area (TPSA) is 106 Å². The maximum atomic E-state index is 12.3. The average Bonchev–Trinajstić information content (AvgIpc) is 2.86. The molecule has 0 spiro atoms. The number of amides is 2. The predicted molar refractivity (Wildman–Crippen MR) is 144 cm³/mol. The van der Waals surface area contributed by atoms with Gasteiger partial charge in [0.05, 0.1) is 12.7 Å². The van der Waals surface area contributed by atoms with Gasteiger partial charge in [-0.05, 0) is 75.4 Å². The van der Waals surface area contributed by atoms with Gasteiger partial charge in [0.25, 0.3) is 11.8 Å². The third kappa shape index (κ3) is 7.18. The number of nitrogens with two attached hydrogens (primary N) is 1. The van der Waals surface area contributed by atoms with E-state index in [1.165, 1.54) is 11.8 Å². The normalized spacial score (nSPS) is 14.8. The zero-order valence-electron chi connectivity index (χ0n) is 21.1. The molecule has 0 radical (unpaired) electrons. The molecule has 1 aliphatic rings. The number of hydrogen-bond acceptors (Lipinski definition) is 5. The molecule has 3 aromatic rings. The van der Waals surface area contributed by atoms with Crippen LogP contribution in [0.15, 0.2) is 72.9 Å². The van der Waals surface area contributed by atoms with Crippen LogP contribution in [0, 0.1) is 13.8 Å². The lowest BCUT2D eigenvalue weighted by molar-refractivity contribution is 0.0930. The summed E-state index contributed by atoms with van der Waals surface area (Å²) in [7, 11) is 1.62. The van der Waals surface area contributed by atoms with Gasteiger partial charge in [-0.25, -0.2) is 4.98 Å². The highest BCUT2D eigenvalue weighted by atomic mass is 16.5. The molecule has 36 heavy (non-hydrogen) atoms. The first kappa shape index (κ1) is 26.5. The minimum Gasteiger partial charge on any atom is -0.496 e. The van der Waals surface area contributed by atoms with E-state index >= 15 is 0 Å². The summed E-state index contributed by atoms with van der Waals surface area (Å²) in [5.74, 6) is 0.945. The molecule has 7 nitrogen and oxygen atoms in total. The molecule has 2 amide bonds. The van der Waals surface area contributed by atoms with Gasteiger partial charge in [0.15, 0.2) is 0 Å². The molecule has 1 saturated carbocycles. The first-order valence-electron chi connectivity index (χ1n) is 12.0. The van der Waals surface area contributed by atoms with Gasteiger partial charge in [-0.15, -0.1) is 0 Å². The van der Waals surface area contributed by atoms with Crippen molar-refractivity contribution in [2.24, 2.45) is 0 Å². The molecule has 0 aliphatic heterocycles. The number of ether oxygens (including phenoxy) is 1. The summed E-state index contributed by atoms with van der Waals surface area (Å²) < 4.78 is 5.25. The largest absolute Gasteiger partial charge is 0.496 e. The molecule has 0 bridgehead atoms. The van der Waals surface area contributed by atoms with Gasteiger partial charge >= 0.3 is 0 Å². The zero-order chi connectivity index (χ0) is 26.1. The van der Waals surface area contributed by atoms with Crippen LogP contribution in [0.25, 0.3) is 0 Å². The minimum absolute atomic E-state index is 0.0175. The van der Waals surface area contributed by atoms with Crippen LogP contribution >= 0.6 is 0 Å². The Morgan fingerprint density at radius 3 is 2.50 bits per heavy atom. The van der Waals surface area contributed by atoms with Gasteiger partial charge in [0, 0.05) is 29.1 Å². The second-order valence-electron chi connectivity index (χ2n) is 8.89. The number of carbonyl (C=O) groups excluding carboxylic acids is 2. The molecule has 2 aromatic carbocycles. The molecular formula is C29H34N4O3. The fraction of sp³-hybridized carbons (Fsp3) is 0.276. The molecular weight excluding hydrogens is 452 g/mol. The third-order valence-corrected chi connectivity index (χ3v) is 6.14. The summed E-state index contributed by atoms with van der Waals surface area (Å²) in [6.07, 6.45) is 5.59. The molecule has 1 atom stereocenters. The van der Waals surface area contributed by atoms with Crippen LogP contribution in [0.4, 0.5) is 11.5 Å². The Balaban J connectivity index is 0.000000202. The number of methoxy groups -OCH3 is 1. The van der Waals surface area contributed by atoms with Crippen molar-refractivity contribution in [3.05, 3.63) is 95.2 Å². The number of benzene rings is 2. The van der Waals surface area contributed by atoms with Gasteiger partial charge in [-0.2, -0.15) is 0 Å². The summed E-state index contributed by atoms with van der Waals surface area (Å²) >= 11 is 0. The number of pyridine rings is 1. The van der Waals surface area contributed by atoms with Crippen molar-refractivity contribution in [1.29, 1.82) is 0 Å². The lowest BCUT2D eigenvalue weighted by atomic mass is 9.91. The number of nitrogens with zero attached hydrogens (tertiary/aromatic N) is 1. The Bertz CT molecular complexity index is 1220. The number of hydrogen-bond donors (Lipinski definition) is 3. The average molecular weight is 487 g/mol. The Labute approximate surface area is 212 Å². The van der Waals surface area contributed by atoms with E-state index < -0.39 is 0 Å². The molecule has 1 heterocycles. The van der Waals surface area contributed by atoms with Crippen molar-refractivity contribution < 1.29 is 14.3 Å². The van der Waals surface area contributed by atoms with Crippen LogP contribution in [0.1, 0.15) is 57.5 Å². The summed E-state index contributed by atoms with van der Waals surface area (Å²) in [5.41, 5.74) is 10.6. The molecule has 7 heteroatoms. The van der Waals surface area contributed by atoms with E-state index in [1.54, 1.807) is 19.2 Å². The number of nitrogens with one attached hydrogen (secondary N) is 2. The van der Waals surface area contributed by atoms with Crippen LogP contribution in [0.2, 0.25) is 0 Å². The van der Waals surface area contributed by atoms with E-state index in [4.69, 9.17) is 10.5 Å². The van der Waals surface area contributed by atoms with Crippen LogP contribution in [-0.2, 0) is 0 Å². The number of para-hydroxylation sites is 1. The number of aromatic nitrogens is 1. The Morgan fingerprint density at radius 1 is 1.06 bits per heavy atom. The maximum absolute atomic E-state index is 12.3. The van der Waals surface area contributed by atoms with Gasteiger partial charge in [0.1, 0.15) is 11.6 Å². The Morgan fingerprint density at radius 2 is 1.83 bits per heavy atom. The summed E-state index contributed by atoms with van der Waals surface area (Å²) in [6.45, 7) is 7.87. The molecule has 1 aromatic heterocycles. The second-order valence-corrected chi connectivity index (χ2v) is 8.89. The molecule has 1 fully saturated rings. The SMILES string of the molecule is C=C1CCCC(NC(=O)c2cccc(OC)c2C)C1.Cc1ccccc1NC(=O)c1ccc(N)nc1. The fourth-order valence-electron chi connectivity index (χ4n) is 4.07. The quantitative estimate of drug-likeness (QED) is 0.416. The number of rotatable bonds is 5. The van der Waals surface area contributed by atoms with Crippen molar-refractivity contribution >= 4 is 23.3 Å². The van der Waals surface area contributed by atoms with Gasteiger partial charge in [0.2, 0.25) is 0 Å². The van der Waals surface area contributed by atoms with E-state index in [1.807, 2.05) is 56.3 Å². The monoisotopic (exact) mass is 486 g/mol. The van der Waals surface area contributed by atoms with E-state index in [-0.39, 0.29) is 17.9 Å². The minimum atomic E-state index is -0.188. The van der Waals surface area contributed by atoms with Gasteiger partial charge < -0.3 is 21.1 Å². The highest BCUT2D eigenvalue weighted by molar-refractivity contribution is 6.04. The summed E-state index contributed by atoms with van der Waals surface area (Å²) in [5, 5.41) is 5.93. The van der Waals surface area contributed by atoms with Gasteiger partial charge in [-0.3, -0.25) is 9.59 Å². The number of aryl methyl sites for hydroxylation is 1. The van der Waals surface area contributed by atoms with E-state index in [0.717, 1.165) is 48.2 Å². The summed E-state index contributed by atoms with van der Waals surface area (Å²) in [4.78, 5) is 28.1. The predicted octanol–water partition coefficient (Wildman–Crippen LogP) is 5.46. The lowest BCUT2D eigenvalue weighted by Crippen LogP contribution is -2.36. The van der Waals surface area contributed by atoms with Crippen LogP contribution in [0.5, 0.6) is 5.75 Å². The lowest BCUT2D eigenvalue weighted by Gasteiger charge is -2.25. The molecule has 4 rings (SSSR count). The molecule has 4 N–H and O–H groups in total. The van der Waals surface area contributed by atoms with Crippen molar-refractivity contribution in [2.75, 3.05) is 18.2 Å². The van der Waals surface area contributed by atoms with E-state index in [9.17, 15) is 9.59 Å². The first-order valence-corrected chi connectivity index (χ1v) is 12.0. The Hall–Kier alpha value is -4.13. The number of carbonyl (C=O) groups is 2. The van der Waals surface area contributed by atoms with Crippen molar-refractivity contribution in [3.8, 4) is 5.75 Å². The van der Waals surface area contributed by atoms with Gasteiger partial charge in [-0.1, -0.05) is 36.4 Å². The standard InChI is InChI=1S/C16H21NO2.C13H13N3O/c1-11-6-4-7-13(10-11)17-16(18)14-8-5-9-15(19-3)12(14)2;1-9-4-2-3-5-11(9)16-13(17)10-6-7-12(14)15-8-10/h5,8-9,13H,1,4,6-7,10H2,2-3H3,(H,17,18);2-8H,1H3,(H2,14,15)(H,16,17). The second kappa shape index (κ2) is 12.5. The zero-order valence-corrected chi connectivity index (χ0v) is 21.1. The van der Waals surface area contributed by atoms with E-state index in [0.29, 0.717) is 16.9 Å². The fourth-order valence-corrected chi connectivity index (χ4v) is 4.07. The molecule has 0 saturated heterocycles. The molecule has 188 valence electrons. The van der Waals surface area contributed by atoms with Crippen molar-refractivity contribution in [2.45, 2.75) is 45.6 Å². The smallest absolute Gasteiger partial charge is 0.257 e. The third-order valence-electron chi connectivity index (χ3n) is 6.14.